The van der Waals surface area contributed by atoms with Crippen LogP contribution in [0, 0.1) is 5.82 Å². The second-order valence-electron chi connectivity index (χ2n) is 6.45. The molecule has 0 saturated heterocycles. The fourth-order valence-corrected chi connectivity index (χ4v) is 3.74. The van der Waals surface area contributed by atoms with Gasteiger partial charge in [-0.1, -0.05) is 18.2 Å². The summed E-state index contributed by atoms with van der Waals surface area (Å²) in [7, 11) is 1.63. The monoisotopic (exact) mass is 397 g/mol. The van der Waals surface area contributed by atoms with Crippen LogP contribution < -0.4 is 11.1 Å². The van der Waals surface area contributed by atoms with Gasteiger partial charge in [0.05, 0.1) is 0 Å². The highest BCUT2D eigenvalue weighted by Crippen LogP contribution is 2.31. The van der Waals surface area contributed by atoms with E-state index in [1.807, 2.05) is 24.4 Å². The Hall–Kier alpha value is -2.67. The van der Waals surface area contributed by atoms with Gasteiger partial charge in [0, 0.05) is 46.8 Å². The molecular formula is C21H24FN5S. The van der Waals surface area contributed by atoms with Crippen LogP contribution in [0.25, 0.3) is 0 Å². The van der Waals surface area contributed by atoms with Gasteiger partial charge in [0.1, 0.15) is 5.82 Å². The van der Waals surface area contributed by atoms with E-state index in [1.54, 1.807) is 25.5 Å². The molecule has 0 radical (unpaired) electrons. The van der Waals surface area contributed by atoms with Crippen molar-refractivity contribution < 1.29 is 4.39 Å². The second kappa shape index (κ2) is 10.0. The normalized spacial score (nSPS) is 18.3. The first kappa shape index (κ1) is 20.1. The number of aliphatic imine (C=N–C) groups is 2. The maximum Gasteiger partial charge on any atom is 0.215 e. The van der Waals surface area contributed by atoms with Crippen molar-refractivity contribution in [2.45, 2.75) is 41.9 Å². The SMILES string of the molecule is CN=C(N)/N=C1/CCCCC/C1=C\Nc1ccc(Sc2ccncc2)c(F)c1. The van der Waals surface area contributed by atoms with Crippen LogP contribution >= 0.6 is 11.8 Å². The van der Waals surface area contributed by atoms with E-state index in [9.17, 15) is 4.39 Å². The predicted molar refractivity (Wildman–Crippen MR) is 115 cm³/mol. The minimum absolute atomic E-state index is 0.262. The molecule has 0 unspecified atom stereocenters. The Bertz CT molecular complexity index is 893. The average molecular weight is 398 g/mol. The summed E-state index contributed by atoms with van der Waals surface area (Å²) in [4.78, 5) is 13.9. The predicted octanol–water partition coefficient (Wildman–Crippen LogP) is 5.02. The number of anilines is 1. The van der Waals surface area contributed by atoms with Gasteiger partial charge in [0.15, 0.2) is 0 Å². The summed E-state index contributed by atoms with van der Waals surface area (Å²) >= 11 is 1.38. The molecule has 1 fully saturated rings. The Balaban J connectivity index is 1.75. The van der Waals surface area contributed by atoms with Gasteiger partial charge < -0.3 is 11.1 Å². The van der Waals surface area contributed by atoms with E-state index >= 15 is 0 Å². The van der Waals surface area contributed by atoms with E-state index in [4.69, 9.17) is 5.73 Å². The maximum absolute atomic E-state index is 14.5. The summed E-state index contributed by atoms with van der Waals surface area (Å²) in [5.74, 6) is 0.0219. The molecule has 0 bridgehead atoms. The first-order valence-corrected chi connectivity index (χ1v) is 10.1. The van der Waals surface area contributed by atoms with Crippen molar-refractivity contribution in [1.82, 2.24) is 4.98 Å². The van der Waals surface area contributed by atoms with Gasteiger partial charge in [-0.2, -0.15) is 0 Å². The number of rotatable bonds is 4. The fraction of sp³-hybridized carbons (Fsp3) is 0.286. The summed E-state index contributed by atoms with van der Waals surface area (Å²) < 4.78 is 14.5. The zero-order chi connectivity index (χ0) is 19.8. The molecule has 1 aliphatic carbocycles. The Morgan fingerprint density at radius 3 is 2.71 bits per heavy atom. The molecule has 1 saturated carbocycles. The topological polar surface area (TPSA) is 75.7 Å². The molecule has 1 aromatic carbocycles. The van der Waals surface area contributed by atoms with Crippen LogP contribution in [0.15, 0.2) is 74.3 Å². The minimum atomic E-state index is -0.262. The van der Waals surface area contributed by atoms with Crippen LogP contribution in [0.2, 0.25) is 0 Å². The van der Waals surface area contributed by atoms with Crippen LogP contribution in [0.5, 0.6) is 0 Å². The molecule has 146 valence electrons. The Kier molecular flexibility index (Phi) is 7.19. The first-order valence-electron chi connectivity index (χ1n) is 9.29. The van der Waals surface area contributed by atoms with Gasteiger partial charge in [0.25, 0.3) is 0 Å². The lowest BCUT2D eigenvalue weighted by Crippen LogP contribution is -2.13. The highest BCUT2D eigenvalue weighted by Gasteiger charge is 2.13. The molecule has 0 atom stereocenters. The van der Waals surface area contributed by atoms with Gasteiger partial charge in [-0.05, 0) is 61.6 Å². The lowest BCUT2D eigenvalue weighted by Gasteiger charge is -2.10. The van der Waals surface area contributed by atoms with E-state index in [2.05, 4.69) is 20.3 Å². The molecule has 0 amide bonds. The third kappa shape index (κ3) is 5.66. The smallest absolute Gasteiger partial charge is 0.215 e. The quantitative estimate of drug-likeness (QED) is 0.432. The number of aromatic nitrogens is 1. The van der Waals surface area contributed by atoms with Gasteiger partial charge in [-0.3, -0.25) is 9.98 Å². The Morgan fingerprint density at radius 2 is 1.96 bits per heavy atom. The van der Waals surface area contributed by atoms with Gasteiger partial charge >= 0.3 is 0 Å². The number of guanidine groups is 1. The van der Waals surface area contributed by atoms with Gasteiger partial charge in [0.2, 0.25) is 5.96 Å². The molecule has 2 aromatic rings. The number of nitrogens with zero attached hydrogens (tertiary/aromatic N) is 3. The largest absolute Gasteiger partial charge is 0.368 e. The molecule has 28 heavy (non-hydrogen) atoms. The van der Waals surface area contributed by atoms with Gasteiger partial charge in [-0.15, -0.1) is 0 Å². The van der Waals surface area contributed by atoms with Crippen LogP contribution in [0.4, 0.5) is 10.1 Å². The van der Waals surface area contributed by atoms with Crippen LogP contribution in [-0.4, -0.2) is 23.7 Å². The third-order valence-electron chi connectivity index (χ3n) is 4.43. The highest BCUT2D eigenvalue weighted by molar-refractivity contribution is 7.99. The average Bonchev–Trinajstić information content (AvgIpc) is 2.94. The first-order chi connectivity index (χ1) is 13.7. The number of nitrogens with two attached hydrogens (primary N) is 1. The van der Waals surface area contributed by atoms with Crippen molar-refractivity contribution >= 4 is 29.1 Å². The van der Waals surface area contributed by atoms with Crippen molar-refractivity contribution in [2.24, 2.45) is 15.7 Å². The molecule has 1 aliphatic rings. The zero-order valence-corrected chi connectivity index (χ0v) is 16.7. The van der Waals surface area contributed by atoms with Crippen molar-refractivity contribution in [1.29, 1.82) is 0 Å². The number of benzene rings is 1. The van der Waals surface area contributed by atoms with Crippen molar-refractivity contribution in [3.8, 4) is 0 Å². The van der Waals surface area contributed by atoms with Crippen LogP contribution in [0.3, 0.4) is 0 Å². The van der Waals surface area contributed by atoms with Gasteiger partial charge in [-0.25, -0.2) is 9.38 Å². The summed E-state index contributed by atoms with van der Waals surface area (Å²) in [5, 5.41) is 3.21. The van der Waals surface area contributed by atoms with Crippen molar-refractivity contribution in [2.75, 3.05) is 12.4 Å². The molecule has 1 aromatic heterocycles. The zero-order valence-electron chi connectivity index (χ0n) is 15.9. The lowest BCUT2D eigenvalue weighted by molar-refractivity contribution is 0.602. The molecule has 3 rings (SSSR count). The van der Waals surface area contributed by atoms with Crippen LogP contribution in [-0.2, 0) is 0 Å². The van der Waals surface area contributed by atoms with E-state index in [0.717, 1.165) is 48.3 Å². The summed E-state index contributed by atoms with van der Waals surface area (Å²) in [5.41, 5.74) is 8.54. The number of nitrogens with one attached hydrogen (secondary N) is 1. The lowest BCUT2D eigenvalue weighted by atomic mass is 10.1. The molecule has 3 N–H and O–H groups in total. The second-order valence-corrected chi connectivity index (χ2v) is 7.56. The third-order valence-corrected chi connectivity index (χ3v) is 5.49. The molecular weight excluding hydrogens is 373 g/mol. The van der Waals surface area contributed by atoms with Crippen molar-refractivity contribution in [3.05, 3.63) is 60.3 Å². The molecule has 5 nitrogen and oxygen atoms in total. The summed E-state index contributed by atoms with van der Waals surface area (Å²) in [6.45, 7) is 0. The van der Waals surface area contributed by atoms with Crippen molar-refractivity contribution in [3.63, 3.8) is 0 Å². The summed E-state index contributed by atoms with van der Waals surface area (Å²) in [6, 6.07) is 8.89. The van der Waals surface area contributed by atoms with E-state index in [-0.39, 0.29) is 11.8 Å². The Morgan fingerprint density at radius 1 is 1.18 bits per heavy atom. The molecule has 1 heterocycles. The minimum Gasteiger partial charge on any atom is -0.368 e. The highest BCUT2D eigenvalue weighted by atomic mass is 32.2. The Labute approximate surface area is 169 Å². The number of pyridine rings is 1. The molecule has 7 heteroatoms. The number of hydrogen-bond donors (Lipinski definition) is 2. The molecule has 0 aliphatic heterocycles. The number of halogens is 1. The number of allylic oxidation sites excluding steroid dienone is 1. The van der Waals surface area contributed by atoms with E-state index in [0.29, 0.717) is 10.6 Å². The summed E-state index contributed by atoms with van der Waals surface area (Å²) in [6.07, 6.45) is 10.5. The number of hydrogen-bond acceptors (Lipinski definition) is 4. The maximum atomic E-state index is 14.5. The van der Waals surface area contributed by atoms with E-state index < -0.39 is 0 Å². The standard InChI is InChI=1S/C21H24FN5S/c1-24-21(23)27-19-6-4-2-3-5-15(19)14-26-16-7-8-20(18(22)13-16)28-17-9-11-25-12-10-17/h7-14,26H,2-6H2,1H3,(H2,23,24)/b15-14+,27-19-. The van der Waals surface area contributed by atoms with Crippen LogP contribution in [0.1, 0.15) is 32.1 Å². The van der Waals surface area contributed by atoms with E-state index in [1.165, 1.54) is 17.8 Å². The fourth-order valence-electron chi connectivity index (χ4n) is 2.94. The molecule has 0 spiro atoms.